The molecule has 0 unspecified atom stereocenters. The highest BCUT2D eigenvalue weighted by Gasteiger charge is 2.27. The van der Waals surface area contributed by atoms with Crippen molar-refractivity contribution in [1.82, 2.24) is 5.43 Å². The molecule has 0 aliphatic carbocycles. The van der Waals surface area contributed by atoms with Crippen LogP contribution in [0.5, 0.6) is 11.5 Å². The van der Waals surface area contributed by atoms with Gasteiger partial charge in [-0.15, -0.1) is 0 Å². The molecule has 0 aromatic heterocycles. The fourth-order valence-corrected chi connectivity index (χ4v) is 4.63. The number of halogens is 1. The molecule has 34 heavy (non-hydrogen) atoms. The fourth-order valence-electron chi connectivity index (χ4n) is 3.03. The number of rotatable bonds is 9. The number of anilines is 1. The SMILES string of the molecule is COc1ccc(/C(C)=N\NC(=O)CN(c2cccc(Cl)c2)S(=O)(=O)c2ccc(OC)cc2)cc1. The van der Waals surface area contributed by atoms with Crippen LogP contribution in [-0.4, -0.2) is 40.8 Å². The van der Waals surface area contributed by atoms with Crippen LogP contribution in [0.15, 0.2) is 82.8 Å². The second kappa shape index (κ2) is 11.0. The van der Waals surface area contributed by atoms with E-state index in [-0.39, 0.29) is 10.6 Å². The maximum Gasteiger partial charge on any atom is 0.264 e. The Labute approximate surface area is 203 Å². The lowest BCUT2D eigenvalue weighted by Crippen LogP contribution is -2.39. The van der Waals surface area contributed by atoms with E-state index >= 15 is 0 Å². The number of hydrogen-bond acceptors (Lipinski definition) is 6. The second-order valence-corrected chi connectivity index (χ2v) is 9.43. The first-order chi connectivity index (χ1) is 16.2. The Morgan fingerprint density at radius 2 is 1.56 bits per heavy atom. The first-order valence-electron chi connectivity index (χ1n) is 10.1. The summed E-state index contributed by atoms with van der Waals surface area (Å²) in [6, 6.07) is 19.3. The first kappa shape index (κ1) is 25.1. The molecule has 0 spiro atoms. The van der Waals surface area contributed by atoms with Crippen LogP contribution in [0.3, 0.4) is 0 Å². The van der Waals surface area contributed by atoms with Crippen LogP contribution in [0, 0.1) is 0 Å². The normalized spacial score (nSPS) is 11.6. The van der Waals surface area contributed by atoms with E-state index in [2.05, 4.69) is 10.5 Å². The number of ether oxygens (including phenoxy) is 2. The smallest absolute Gasteiger partial charge is 0.264 e. The molecular weight excluding hydrogens is 478 g/mol. The molecular formula is C24H24ClN3O5S. The van der Waals surface area contributed by atoms with Gasteiger partial charge in [-0.3, -0.25) is 9.10 Å². The Bertz CT molecular complexity index is 1280. The average molecular weight is 502 g/mol. The summed E-state index contributed by atoms with van der Waals surface area (Å²) in [7, 11) is -1.04. The third kappa shape index (κ3) is 6.06. The van der Waals surface area contributed by atoms with Crippen LogP contribution in [0.4, 0.5) is 5.69 Å². The fraction of sp³-hybridized carbons (Fsp3) is 0.167. The number of nitrogens with zero attached hydrogens (tertiary/aromatic N) is 2. The zero-order valence-electron chi connectivity index (χ0n) is 18.9. The Morgan fingerprint density at radius 3 is 2.12 bits per heavy atom. The lowest BCUT2D eigenvalue weighted by molar-refractivity contribution is -0.119. The molecule has 0 saturated carbocycles. The zero-order valence-corrected chi connectivity index (χ0v) is 20.4. The van der Waals surface area contributed by atoms with Gasteiger partial charge in [0.15, 0.2) is 0 Å². The Balaban J connectivity index is 1.85. The van der Waals surface area contributed by atoms with E-state index in [9.17, 15) is 13.2 Å². The number of nitrogens with one attached hydrogen (secondary N) is 1. The van der Waals surface area contributed by atoms with Gasteiger partial charge in [-0.1, -0.05) is 17.7 Å². The molecule has 8 nitrogen and oxygen atoms in total. The van der Waals surface area contributed by atoms with E-state index < -0.39 is 22.5 Å². The summed E-state index contributed by atoms with van der Waals surface area (Å²) in [4.78, 5) is 12.7. The summed E-state index contributed by atoms with van der Waals surface area (Å²) in [5.41, 5.74) is 3.99. The van der Waals surface area contributed by atoms with Crippen LogP contribution in [0.2, 0.25) is 5.02 Å². The number of hydrogen-bond donors (Lipinski definition) is 1. The summed E-state index contributed by atoms with van der Waals surface area (Å²) in [6.45, 7) is 1.22. The molecule has 3 aromatic rings. The number of benzene rings is 3. The van der Waals surface area contributed by atoms with Gasteiger partial charge in [0, 0.05) is 5.02 Å². The quantitative estimate of drug-likeness (QED) is 0.352. The third-order valence-corrected chi connectivity index (χ3v) is 6.91. The van der Waals surface area contributed by atoms with Crippen molar-refractivity contribution in [1.29, 1.82) is 0 Å². The van der Waals surface area contributed by atoms with E-state index in [4.69, 9.17) is 21.1 Å². The molecule has 3 aromatic carbocycles. The van der Waals surface area contributed by atoms with Crippen molar-refractivity contribution in [2.45, 2.75) is 11.8 Å². The van der Waals surface area contributed by atoms with Crippen molar-refractivity contribution in [2.75, 3.05) is 25.1 Å². The van der Waals surface area contributed by atoms with Gasteiger partial charge in [-0.05, 0) is 79.2 Å². The van der Waals surface area contributed by atoms with E-state index in [1.165, 1.54) is 37.4 Å². The summed E-state index contributed by atoms with van der Waals surface area (Å²) < 4.78 is 38.0. The largest absolute Gasteiger partial charge is 0.497 e. The molecule has 0 fully saturated rings. The number of sulfonamides is 1. The molecule has 1 amide bonds. The van der Waals surface area contributed by atoms with Crippen molar-refractivity contribution >= 4 is 38.9 Å². The van der Waals surface area contributed by atoms with Gasteiger partial charge in [0.2, 0.25) is 0 Å². The Kier molecular flexibility index (Phi) is 8.14. The molecule has 10 heteroatoms. The van der Waals surface area contributed by atoms with E-state index in [1.807, 2.05) is 0 Å². The summed E-state index contributed by atoms with van der Waals surface area (Å²) in [5, 5.41) is 4.44. The molecule has 0 bridgehead atoms. The van der Waals surface area contributed by atoms with Crippen molar-refractivity contribution in [3.05, 3.63) is 83.4 Å². The molecule has 0 saturated heterocycles. The number of amides is 1. The number of hydrazone groups is 1. The van der Waals surface area contributed by atoms with Crippen LogP contribution < -0.4 is 19.2 Å². The number of methoxy groups -OCH3 is 2. The zero-order chi connectivity index (χ0) is 24.7. The van der Waals surface area contributed by atoms with Gasteiger partial charge in [-0.2, -0.15) is 5.10 Å². The standard InChI is InChI=1S/C24H24ClN3O5S/c1-17(18-7-9-21(32-2)10-8-18)26-27-24(29)16-28(20-6-4-5-19(25)15-20)34(30,31)23-13-11-22(33-3)12-14-23/h4-15H,16H2,1-3H3,(H,27,29)/b26-17-. The van der Waals surface area contributed by atoms with Crippen molar-refractivity contribution in [3.8, 4) is 11.5 Å². The van der Waals surface area contributed by atoms with E-state index in [0.29, 0.717) is 22.2 Å². The Hall–Kier alpha value is -3.56. The van der Waals surface area contributed by atoms with Crippen molar-refractivity contribution in [3.63, 3.8) is 0 Å². The van der Waals surface area contributed by atoms with Crippen molar-refractivity contribution in [2.24, 2.45) is 5.10 Å². The Morgan fingerprint density at radius 1 is 0.971 bits per heavy atom. The summed E-state index contributed by atoms with van der Waals surface area (Å²) in [6.07, 6.45) is 0. The maximum atomic E-state index is 13.4. The highest BCUT2D eigenvalue weighted by molar-refractivity contribution is 7.92. The predicted octanol–water partition coefficient (Wildman–Crippen LogP) is 4.09. The van der Waals surface area contributed by atoms with Crippen LogP contribution in [0.25, 0.3) is 0 Å². The van der Waals surface area contributed by atoms with Gasteiger partial charge in [0.05, 0.1) is 30.5 Å². The topological polar surface area (TPSA) is 97.3 Å². The number of carbonyl (C=O) groups excluding carboxylic acids is 1. The van der Waals surface area contributed by atoms with E-state index in [1.54, 1.807) is 56.5 Å². The van der Waals surface area contributed by atoms with Crippen molar-refractivity contribution < 1.29 is 22.7 Å². The minimum atomic E-state index is -4.09. The molecule has 0 aliphatic heterocycles. The van der Waals surface area contributed by atoms with Gasteiger partial charge >= 0.3 is 0 Å². The highest BCUT2D eigenvalue weighted by Crippen LogP contribution is 2.27. The highest BCUT2D eigenvalue weighted by atomic mass is 35.5. The lowest BCUT2D eigenvalue weighted by atomic mass is 10.1. The molecule has 1 N–H and O–H groups in total. The van der Waals surface area contributed by atoms with Crippen LogP contribution in [-0.2, 0) is 14.8 Å². The molecule has 0 radical (unpaired) electrons. The maximum absolute atomic E-state index is 13.4. The molecule has 3 rings (SSSR count). The van der Waals surface area contributed by atoms with E-state index in [0.717, 1.165) is 9.87 Å². The predicted molar refractivity (Wildman–Crippen MR) is 132 cm³/mol. The minimum Gasteiger partial charge on any atom is -0.497 e. The van der Waals surface area contributed by atoms with Gasteiger partial charge in [0.1, 0.15) is 18.0 Å². The van der Waals surface area contributed by atoms with Crippen LogP contribution >= 0.6 is 11.6 Å². The molecule has 0 atom stereocenters. The molecule has 178 valence electrons. The second-order valence-electron chi connectivity index (χ2n) is 7.13. The first-order valence-corrected chi connectivity index (χ1v) is 12.0. The molecule has 0 aliphatic rings. The van der Waals surface area contributed by atoms with Gasteiger partial charge in [0.25, 0.3) is 15.9 Å². The number of carbonyl (C=O) groups is 1. The third-order valence-electron chi connectivity index (χ3n) is 4.89. The summed E-state index contributed by atoms with van der Waals surface area (Å²) >= 11 is 6.08. The average Bonchev–Trinajstić information content (AvgIpc) is 2.85. The van der Waals surface area contributed by atoms with Gasteiger partial charge < -0.3 is 9.47 Å². The van der Waals surface area contributed by atoms with Gasteiger partial charge in [-0.25, -0.2) is 13.8 Å². The minimum absolute atomic E-state index is 0.000935. The summed E-state index contributed by atoms with van der Waals surface area (Å²) in [5.74, 6) is 0.584. The molecule has 0 heterocycles. The monoisotopic (exact) mass is 501 g/mol. The lowest BCUT2D eigenvalue weighted by Gasteiger charge is -2.24. The van der Waals surface area contributed by atoms with Crippen LogP contribution in [0.1, 0.15) is 12.5 Å².